The molecule has 2 aromatic heterocycles. The molecule has 3 N–H and O–H groups in total. The Hall–Kier alpha value is -2.44. The van der Waals surface area contributed by atoms with Crippen LogP contribution in [0.4, 0.5) is 5.69 Å². The maximum Gasteiger partial charge on any atom is 0.133 e. The lowest BCUT2D eigenvalue weighted by molar-refractivity contribution is 0.269. The lowest BCUT2D eigenvalue weighted by Crippen LogP contribution is -2.03. The van der Waals surface area contributed by atoms with E-state index in [-0.39, 0.29) is 6.61 Å². The van der Waals surface area contributed by atoms with E-state index in [1.807, 2.05) is 30.5 Å². The van der Waals surface area contributed by atoms with Gasteiger partial charge in [0, 0.05) is 24.5 Å². The first-order valence-corrected chi connectivity index (χ1v) is 8.49. The number of nitrogens with two attached hydrogens (primary N) is 1. The molecule has 7 heteroatoms. The van der Waals surface area contributed by atoms with Gasteiger partial charge in [-0.2, -0.15) is 5.10 Å². The number of rotatable bonds is 7. The molecular weight excluding hydrogens is 338 g/mol. The van der Waals surface area contributed by atoms with Crippen LogP contribution >= 0.6 is 11.6 Å². The van der Waals surface area contributed by atoms with Crippen LogP contribution in [-0.2, 0) is 25.8 Å². The maximum absolute atomic E-state index is 8.95. The molecular formula is C18H20ClN5O. The number of benzene rings is 1. The van der Waals surface area contributed by atoms with Crippen molar-refractivity contribution in [1.29, 1.82) is 0 Å². The summed E-state index contributed by atoms with van der Waals surface area (Å²) in [5, 5.41) is 13.7. The second-order valence-electron chi connectivity index (χ2n) is 5.84. The molecule has 0 unspecified atom stereocenters. The molecule has 0 aliphatic rings. The van der Waals surface area contributed by atoms with E-state index in [9.17, 15) is 0 Å². The molecule has 0 radical (unpaired) electrons. The molecule has 6 nitrogen and oxygen atoms in total. The van der Waals surface area contributed by atoms with Crippen molar-refractivity contribution in [1.82, 2.24) is 19.7 Å². The second kappa shape index (κ2) is 8.09. The first kappa shape index (κ1) is 17.4. The summed E-state index contributed by atoms with van der Waals surface area (Å²) in [6, 6.07) is 7.82. The van der Waals surface area contributed by atoms with E-state index in [4.69, 9.17) is 22.4 Å². The average Bonchev–Trinajstić information content (AvgIpc) is 3.03. The Kier molecular flexibility index (Phi) is 5.63. The molecule has 0 bridgehead atoms. The van der Waals surface area contributed by atoms with Crippen molar-refractivity contribution >= 4 is 17.3 Å². The highest BCUT2D eigenvalue weighted by Gasteiger charge is 2.08. The molecule has 1 aromatic carbocycles. The van der Waals surface area contributed by atoms with Gasteiger partial charge in [0.2, 0.25) is 0 Å². The van der Waals surface area contributed by atoms with Crippen LogP contribution in [0.2, 0.25) is 5.02 Å². The van der Waals surface area contributed by atoms with Gasteiger partial charge in [0.15, 0.2) is 0 Å². The zero-order valence-electron chi connectivity index (χ0n) is 13.8. The summed E-state index contributed by atoms with van der Waals surface area (Å²) in [7, 11) is 0. The Morgan fingerprint density at radius 2 is 2.04 bits per heavy atom. The Labute approximate surface area is 151 Å². The minimum absolute atomic E-state index is 0.0622. The molecule has 2 heterocycles. The zero-order valence-corrected chi connectivity index (χ0v) is 14.5. The number of aliphatic hydroxyl groups is 1. The van der Waals surface area contributed by atoms with Gasteiger partial charge in [-0.05, 0) is 36.1 Å². The van der Waals surface area contributed by atoms with Crippen LogP contribution < -0.4 is 5.73 Å². The number of hydrogen-bond acceptors (Lipinski definition) is 5. The van der Waals surface area contributed by atoms with Gasteiger partial charge >= 0.3 is 0 Å². The Bertz CT molecular complexity index is 849. The average molecular weight is 358 g/mol. The van der Waals surface area contributed by atoms with Crippen LogP contribution in [0.5, 0.6) is 0 Å². The van der Waals surface area contributed by atoms with Crippen molar-refractivity contribution in [2.24, 2.45) is 0 Å². The summed E-state index contributed by atoms with van der Waals surface area (Å²) in [6.07, 6.45) is 7.42. The third-order valence-electron chi connectivity index (χ3n) is 3.85. The van der Waals surface area contributed by atoms with Crippen LogP contribution in [0.1, 0.15) is 22.6 Å². The molecule has 0 saturated heterocycles. The number of aliphatic hydroxyl groups excluding tert-OH is 1. The third-order valence-corrected chi connectivity index (χ3v) is 4.16. The highest BCUT2D eigenvalue weighted by Crippen LogP contribution is 2.17. The quantitative estimate of drug-likeness (QED) is 0.633. The Morgan fingerprint density at radius 1 is 1.16 bits per heavy atom. The molecule has 0 spiro atoms. The number of aromatic nitrogens is 4. The monoisotopic (exact) mass is 357 g/mol. The fourth-order valence-corrected chi connectivity index (χ4v) is 2.81. The molecule has 3 rings (SSSR count). The molecule has 130 valence electrons. The molecule has 0 fully saturated rings. The first-order valence-electron chi connectivity index (χ1n) is 8.11. The highest BCUT2D eigenvalue weighted by atomic mass is 35.5. The summed E-state index contributed by atoms with van der Waals surface area (Å²) in [5.41, 5.74) is 9.55. The molecule has 0 aliphatic heterocycles. The molecule has 25 heavy (non-hydrogen) atoms. The lowest BCUT2D eigenvalue weighted by atomic mass is 10.1. The van der Waals surface area contributed by atoms with Gasteiger partial charge in [-0.1, -0.05) is 23.7 Å². The van der Waals surface area contributed by atoms with E-state index in [0.717, 1.165) is 35.3 Å². The number of hydrogen-bond donors (Lipinski definition) is 2. The fraction of sp³-hybridized carbons (Fsp3) is 0.278. The van der Waals surface area contributed by atoms with E-state index in [1.165, 1.54) is 0 Å². The topological polar surface area (TPSA) is 89.8 Å². The van der Waals surface area contributed by atoms with Crippen molar-refractivity contribution in [3.05, 3.63) is 70.5 Å². The summed E-state index contributed by atoms with van der Waals surface area (Å²) >= 11 is 6.25. The van der Waals surface area contributed by atoms with Gasteiger partial charge in [0.1, 0.15) is 5.82 Å². The van der Waals surface area contributed by atoms with Gasteiger partial charge in [0.25, 0.3) is 0 Å². The lowest BCUT2D eigenvalue weighted by Gasteiger charge is -2.06. The van der Waals surface area contributed by atoms with Crippen molar-refractivity contribution in [3.63, 3.8) is 0 Å². The molecule has 3 aromatic rings. The summed E-state index contributed by atoms with van der Waals surface area (Å²) < 4.78 is 1.70. The minimum atomic E-state index is 0.0622. The van der Waals surface area contributed by atoms with Crippen LogP contribution in [0.25, 0.3) is 0 Å². The summed E-state index contributed by atoms with van der Waals surface area (Å²) in [4.78, 5) is 8.91. The van der Waals surface area contributed by atoms with Crippen molar-refractivity contribution in [2.75, 3.05) is 12.3 Å². The predicted molar refractivity (Wildman–Crippen MR) is 97.4 cm³/mol. The second-order valence-corrected chi connectivity index (χ2v) is 6.25. The summed E-state index contributed by atoms with van der Waals surface area (Å²) in [5.74, 6) is 0.704. The van der Waals surface area contributed by atoms with Gasteiger partial charge in [-0.15, -0.1) is 0 Å². The first-order chi connectivity index (χ1) is 12.1. The molecule has 0 atom stereocenters. The SMILES string of the molecule is Nc1cccc(CCc2nc(Cc3cnn(CCO)c3)ncc2Cl)c1. The van der Waals surface area contributed by atoms with E-state index in [1.54, 1.807) is 17.1 Å². The molecule has 0 saturated carbocycles. The normalized spacial score (nSPS) is 11.0. The number of halogens is 1. The Morgan fingerprint density at radius 3 is 2.84 bits per heavy atom. The predicted octanol–water partition coefficient (Wildman–Crippen LogP) is 2.28. The minimum Gasteiger partial charge on any atom is -0.399 e. The van der Waals surface area contributed by atoms with Crippen molar-refractivity contribution < 1.29 is 5.11 Å². The van der Waals surface area contributed by atoms with E-state index in [2.05, 4.69) is 15.1 Å². The van der Waals surface area contributed by atoms with E-state index >= 15 is 0 Å². The van der Waals surface area contributed by atoms with Crippen LogP contribution in [-0.4, -0.2) is 31.5 Å². The maximum atomic E-state index is 8.95. The number of nitrogen functional groups attached to an aromatic ring is 1. The third kappa shape index (κ3) is 4.78. The fourth-order valence-electron chi connectivity index (χ4n) is 2.62. The smallest absolute Gasteiger partial charge is 0.133 e. The standard InChI is InChI=1S/C18H20ClN5O/c19-16-11-21-18(9-14-10-22-24(12-14)6-7-25)23-17(16)5-4-13-2-1-3-15(20)8-13/h1-3,8,10-12,25H,4-7,9,20H2. The van der Waals surface area contributed by atoms with Crippen molar-refractivity contribution in [2.45, 2.75) is 25.8 Å². The van der Waals surface area contributed by atoms with E-state index < -0.39 is 0 Å². The van der Waals surface area contributed by atoms with Gasteiger partial charge in [-0.25, -0.2) is 9.97 Å². The largest absolute Gasteiger partial charge is 0.399 e. The number of anilines is 1. The van der Waals surface area contributed by atoms with Gasteiger partial charge in [0.05, 0.1) is 30.1 Å². The summed E-state index contributed by atoms with van der Waals surface area (Å²) in [6.45, 7) is 0.541. The molecule has 0 aliphatic carbocycles. The van der Waals surface area contributed by atoms with Crippen LogP contribution in [0, 0.1) is 0 Å². The number of nitrogens with zero attached hydrogens (tertiary/aromatic N) is 4. The van der Waals surface area contributed by atoms with Gasteiger partial charge in [-0.3, -0.25) is 4.68 Å². The van der Waals surface area contributed by atoms with Crippen LogP contribution in [0.3, 0.4) is 0 Å². The molecule has 0 amide bonds. The highest BCUT2D eigenvalue weighted by molar-refractivity contribution is 6.31. The Balaban J connectivity index is 1.69. The van der Waals surface area contributed by atoms with Crippen LogP contribution in [0.15, 0.2) is 42.9 Å². The van der Waals surface area contributed by atoms with Gasteiger partial charge < -0.3 is 10.8 Å². The zero-order chi connectivity index (χ0) is 17.6. The van der Waals surface area contributed by atoms with E-state index in [0.29, 0.717) is 23.8 Å². The van der Waals surface area contributed by atoms with Crippen molar-refractivity contribution in [3.8, 4) is 0 Å². The number of aryl methyl sites for hydroxylation is 2.